The molecular formula is C20H17F5N2O3. The van der Waals surface area contributed by atoms with Gasteiger partial charge >= 0.3 is 6.18 Å². The second kappa shape index (κ2) is 8.39. The standard InChI is InChI=1S/C20H17F5N2O3/c1-11-18(16(29)8-12(9-28)20(23,24)25)27-7-3-6-17(19(27)26-11)30-10-13-14(21)4-2-5-15(13)22/h2-7,12,28H,8-10H2,1H3. The number of halogens is 5. The Hall–Kier alpha value is -3.01. The molecule has 2 heterocycles. The quantitative estimate of drug-likeness (QED) is 0.452. The van der Waals surface area contributed by atoms with Crippen LogP contribution < -0.4 is 4.74 Å². The number of aliphatic hydroxyl groups excluding tert-OH is 1. The molecule has 0 aliphatic heterocycles. The van der Waals surface area contributed by atoms with Crippen LogP contribution in [-0.2, 0) is 6.61 Å². The molecule has 0 amide bonds. The third-order valence-electron chi connectivity index (χ3n) is 4.60. The van der Waals surface area contributed by atoms with Crippen molar-refractivity contribution in [2.75, 3.05) is 6.61 Å². The molecule has 1 N–H and O–H groups in total. The molecule has 160 valence electrons. The zero-order valence-corrected chi connectivity index (χ0v) is 15.7. The lowest BCUT2D eigenvalue weighted by atomic mass is 10.0. The lowest BCUT2D eigenvalue weighted by Crippen LogP contribution is -2.29. The Morgan fingerprint density at radius 1 is 1.20 bits per heavy atom. The Balaban J connectivity index is 1.91. The highest BCUT2D eigenvalue weighted by Crippen LogP contribution is 2.31. The SMILES string of the molecule is Cc1nc2c(OCc3c(F)cccc3F)cccn2c1C(=O)CC(CO)C(F)(F)F. The Bertz CT molecular complexity index is 1060. The molecule has 0 bridgehead atoms. The maximum absolute atomic E-state index is 13.8. The molecule has 0 spiro atoms. The van der Waals surface area contributed by atoms with E-state index in [0.29, 0.717) is 0 Å². The molecule has 0 aliphatic carbocycles. The van der Waals surface area contributed by atoms with Gasteiger partial charge in [-0.3, -0.25) is 9.20 Å². The third kappa shape index (κ3) is 4.28. The van der Waals surface area contributed by atoms with Crippen molar-refractivity contribution >= 4 is 11.4 Å². The summed E-state index contributed by atoms with van der Waals surface area (Å²) in [5, 5.41) is 8.98. The van der Waals surface area contributed by atoms with Crippen molar-refractivity contribution in [2.45, 2.75) is 26.1 Å². The second-order valence-corrected chi connectivity index (χ2v) is 6.65. The molecule has 5 nitrogen and oxygen atoms in total. The van der Waals surface area contributed by atoms with Crippen molar-refractivity contribution in [1.29, 1.82) is 0 Å². The van der Waals surface area contributed by atoms with Crippen molar-refractivity contribution in [3.05, 3.63) is 65.1 Å². The van der Waals surface area contributed by atoms with E-state index in [1.165, 1.54) is 35.7 Å². The molecule has 0 radical (unpaired) electrons. The summed E-state index contributed by atoms with van der Waals surface area (Å²) < 4.78 is 73.1. The summed E-state index contributed by atoms with van der Waals surface area (Å²) in [6, 6.07) is 6.30. The van der Waals surface area contributed by atoms with Gasteiger partial charge in [-0.2, -0.15) is 13.2 Å². The number of fused-ring (bicyclic) bond motifs is 1. The number of ether oxygens (including phenoxy) is 1. The smallest absolute Gasteiger partial charge is 0.394 e. The number of imidazole rings is 1. The highest BCUT2D eigenvalue weighted by molar-refractivity contribution is 5.97. The van der Waals surface area contributed by atoms with Gasteiger partial charge in [0.1, 0.15) is 23.9 Å². The molecular weight excluding hydrogens is 411 g/mol. The van der Waals surface area contributed by atoms with Crippen LogP contribution in [-0.4, -0.2) is 33.1 Å². The van der Waals surface area contributed by atoms with Crippen LogP contribution in [0.4, 0.5) is 22.0 Å². The van der Waals surface area contributed by atoms with Crippen molar-refractivity contribution < 1.29 is 36.6 Å². The molecule has 1 unspecified atom stereocenters. The maximum atomic E-state index is 13.8. The maximum Gasteiger partial charge on any atom is 0.394 e. The lowest BCUT2D eigenvalue weighted by Gasteiger charge is -2.17. The number of carbonyl (C=O) groups excluding carboxylic acids is 1. The Kier molecular flexibility index (Phi) is 6.06. The number of hydrogen-bond donors (Lipinski definition) is 1. The molecule has 3 aromatic rings. The highest BCUT2D eigenvalue weighted by atomic mass is 19.4. The fraction of sp³-hybridized carbons (Fsp3) is 0.300. The summed E-state index contributed by atoms with van der Waals surface area (Å²) in [5.41, 5.74) is -0.111. The van der Waals surface area contributed by atoms with E-state index < -0.39 is 49.1 Å². The summed E-state index contributed by atoms with van der Waals surface area (Å²) in [6.07, 6.45) is -4.25. The minimum Gasteiger partial charge on any atom is -0.485 e. The largest absolute Gasteiger partial charge is 0.485 e. The van der Waals surface area contributed by atoms with Gasteiger partial charge in [0.2, 0.25) is 0 Å². The van der Waals surface area contributed by atoms with Crippen LogP contribution in [0.5, 0.6) is 5.75 Å². The summed E-state index contributed by atoms with van der Waals surface area (Å²) in [7, 11) is 0. The van der Waals surface area contributed by atoms with Gasteiger partial charge in [0.05, 0.1) is 23.8 Å². The van der Waals surface area contributed by atoms with Gasteiger partial charge in [0, 0.05) is 12.6 Å². The van der Waals surface area contributed by atoms with E-state index in [1.807, 2.05) is 0 Å². The van der Waals surface area contributed by atoms with E-state index in [9.17, 15) is 26.7 Å². The molecule has 1 atom stereocenters. The molecule has 10 heteroatoms. The summed E-state index contributed by atoms with van der Waals surface area (Å²) in [5.74, 6) is -4.54. The summed E-state index contributed by atoms with van der Waals surface area (Å²) >= 11 is 0. The summed E-state index contributed by atoms with van der Waals surface area (Å²) in [6.45, 7) is -0.219. The van der Waals surface area contributed by atoms with Crippen molar-refractivity contribution in [3.63, 3.8) is 0 Å². The van der Waals surface area contributed by atoms with Gasteiger partial charge in [-0.05, 0) is 31.2 Å². The molecule has 30 heavy (non-hydrogen) atoms. The fourth-order valence-electron chi connectivity index (χ4n) is 3.03. The van der Waals surface area contributed by atoms with Crippen LogP contribution in [0.3, 0.4) is 0 Å². The third-order valence-corrected chi connectivity index (χ3v) is 4.60. The van der Waals surface area contributed by atoms with Crippen molar-refractivity contribution in [2.24, 2.45) is 5.92 Å². The summed E-state index contributed by atoms with van der Waals surface area (Å²) in [4.78, 5) is 16.7. The Labute approximate surface area is 167 Å². The first-order valence-corrected chi connectivity index (χ1v) is 8.87. The van der Waals surface area contributed by atoms with E-state index in [4.69, 9.17) is 9.84 Å². The van der Waals surface area contributed by atoms with E-state index in [0.717, 1.165) is 12.1 Å². The fourth-order valence-corrected chi connectivity index (χ4v) is 3.03. The zero-order valence-electron chi connectivity index (χ0n) is 15.7. The number of benzene rings is 1. The average molecular weight is 428 g/mol. The van der Waals surface area contributed by atoms with E-state index >= 15 is 0 Å². The van der Waals surface area contributed by atoms with Crippen LogP contribution in [0.1, 0.15) is 28.2 Å². The normalized spacial score (nSPS) is 12.9. The van der Waals surface area contributed by atoms with Crippen molar-refractivity contribution in [3.8, 4) is 5.75 Å². The van der Waals surface area contributed by atoms with Crippen LogP contribution in [0.25, 0.3) is 5.65 Å². The van der Waals surface area contributed by atoms with Gasteiger partial charge < -0.3 is 9.84 Å². The van der Waals surface area contributed by atoms with E-state index in [2.05, 4.69) is 4.98 Å². The van der Waals surface area contributed by atoms with Gasteiger partial charge in [0.25, 0.3) is 0 Å². The number of ketones is 1. The molecule has 2 aromatic heterocycles. The number of aliphatic hydroxyl groups is 1. The number of rotatable bonds is 7. The van der Waals surface area contributed by atoms with Crippen LogP contribution in [0, 0.1) is 24.5 Å². The lowest BCUT2D eigenvalue weighted by molar-refractivity contribution is -0.182. The molecule has 0 saturated heterocycles. The number of hydrogen-bond acceptors (Lipinski definition) is 4. The zero-order chi connectivity index (χ0) is 22.1. The van der Waals surface area contributed by atoms with Gasteiger partial charge in [-0.25, -0.2) is 13.8 Å². The predicted octanol–water partition coefficient (Wildman–Crippen LogP) is 4.24. The first kappa shape index (κ1) is 21.7. The number of nitrogens with zero attached hydrogens (tertiary/aromatic N) is 2. The minimum absolute atomic E-state index is 0.0878. The molecule has 1 aromatic carbocycles. The topological polar surface area (TPSA) is 63.8 Å². The Morgan fingerprint density at radius 2 is 1.87 bits per heavy atom. The number of aromatic nitrogens is 2. The average Bonchev–Trinajstić information content (AvgIpc) is 3.01. The van der Waals surface area contributed by atoms with Gasteiger partial charge in [-0.1, -0.05) is 6.07 Å². The second-order valence-electron chi connectivity index (χ2n) is 6.65. The van der Waals surface area contributed by atoms with Crippen LogP contribution >= 0.6 is 0 Å². The molecule has 0 aliphatic rings. The number of aryl methyl sites for hydroxylation is 1. The number of carbonyl (C=O) groups is 1. The van der Waals surface area contributed by atoms with Crippen molar-refractivity contribution in [1.82, 2.24) is 9.38 Å². The van der Waals surface area contributed by atoms with Gasteiger partial charge in [0.15, 0.2) is 17.2 Å². The molecule has 3 rings (SSSR count). The van der Waals surface area contributed by atoms with Crippen LogP contribution in [0.2, 0.25) is 0 Å². The van der Waals surface area contributed by atoms with E-state index in [-0.39, 0.29) is 28.3 Å². The number of Topliss-reactive ketones (excluding diaryl/α,β-unsaturated/α-hetero) is 1. The van der Waals surface area contributed by atoms with Gasteiger partial charge in [-0.15, -0.1) is 0 Å². The number of alkyl halides is 3. The van der Waals surface area contributed by atoms with Crippen LogP contribution in [0.15, 0.2) is 36.5 Å². The first-order valence-electron chi connectivity index (χ1n) is 8.87. The monoisotopic (exact) mass is 428 g/mol. The molecule has 0 saturated carbocycles. The molecule has 0 fully saturated rings. The highest BCUT2D eigenvalue weighted by Gasteiger charge is 2.41. The first-order chi connectivity index (χ1) is 14.1. The Morgan fingerprint density at radius 3 is 2.47 bits per heavy atom. The predicted molar refractivity (Wildman–Crippen MR) is 96.2 cm³/mol. The number of pyridine rings is 1. The van der Waals surface area contributed by atoms with E-state index in [1.54, 1.807) is 0 Å². The minimum atomic E-state index is -4.73.